The van der Waals surface area contributed by atoms with Gasteiger partial charge in [-0.05, 0) is 12.5 Å². The minimum Gasteiger partial charge on any atom is -0.405 e. The smallest absolute Gasteiger partial charge is 0.405 e. The van der Waals surface area contributed by atoms with Crippen molar-refractivity contribution < 1.29 is 17.9 Å². The molecule has 1 rings (SSSR count). The first-order valence-electron chi connectivity index (χ1n) is 6.04. The molecule has 1 unspecified atom stereocenters. The zero-order chi connectivity index (χ0) is 13.6. The summed E-state index contributed by atoms with van der Waals surface area (Å²) in [7, 11) is 0. The van der Waals surface area contributed by atoms with Gasteiger partial charge in [-0.25, -0.2) is 0 Å². The lowest BCUT2D eigenvalue weighted by atomic mass is 10.0. The van der Waals surface area contributed by atoms with Crippen LogP contribution in [0.5, 0.6) is 5.75 Å². The van der Waals surface area contributed by atoms with Crippen LogP contribution in [0.4, 0.5) is 13.2 Å². The Labute approximate surface area is 105 Å². The highest BCUT2D eigenvalue weighted by Crippen LogP contribution is 2.31. The lowest BCUT2D eigenvalue weighted by molar-refractivity contribution is -0.275. The summed E-state index contributed by atoms with van der Waals surface area (Å²) in [5.41, 5.74) is 6.32. The highest BCUT2D eigenvalue weighted by molar-refractivity contribution is 5.35. The summed E-state index contributed by atoms with van der Waals surface area (Å²) in [6.45, 7) is 2.06. The number of para-hydroxylation sites is 1. The number of ether oxygens (including phenoxy) is 1. The van der Waals surface area contributed by atoms with Gasteiger partial charge in [0.15, 0.2) is 0 Å². The maximum Gasteiger partial charge on any atom is 0.573 e. The molecular weight excluding hydrogens is 243 g/mol. The van der Waals surface area contributed by atoms with Gasteiger partial charge in [0.1, 0.15) is 5.75 Å². The van der Waals surface area contributed by atoms with Crippen molar-refractivity contribution in [2.75, 3.05) is 0 Å². The standard InChI is InChI=1S/C13H18F3NO/c1-2-3-4-8-11(17)10-7-5-6-9-12(10)18-13(14,15)16/h5-7,9,11H,2-4,8,17H2,1H3. The van der Waals surface area contributed by atoms with Crippen molar-refractivity contribution in [1.82, 2.24) is 0 Å². The maximum atomic E-state index is 12.2. The van der Waals surface area contributed by atoms with Crippen molar-refractivity contribution in [1.29, 1.82) is 0 Å². The van der Waals surface area contributed by atoms with Crippen LogP contribution in [0.15, 0.2) is 24.3 Å². The highest BCUT2D eigenvalue weighted by Gasteiger charge is 2.32. The molecule has 0 aliphatic carbocycles. The van der Waals surface area contributed by atoms with E-state index in [0.29, 0.717) is 12.0 Å². The van der Waals surface area contributed by atoms with E-state index in [1.165, 1.54) is 12.1 Å². The third-order valence-electron chi connectivity index (χ3n) is 2.66. The molecule has 1 atom stereocenters. The first-order chi connectivity index (χ1) is 8.44. The fourth-order valence-electron chi connectivity index (χ4n) is 1.77. The number of benzene rings is 1. The van der Waals surface area contributed by atoms with Gasteiger partial charge in [-0.2, -0.15) is 0 Å². The molecule has 0 fully saturated rings. The van der Waals surface area contributed by atoms with Gasteiger partial charge in [0.05, 0.1) is 0 Å². The van der Waals surface area contributed by atoms with Crippen LogP contribution >= 0.6 is 0 Å². The van der Waals surface area contributed by atoms with Gasteiger partial charge < -0.3 is 10.5 Å². The predicted octanol–water partition coefficient (Wildman–Crippen LogP) is 4.17. The van der Waals surface area contributed by atoms with E-state index < -0.39 is 12.4 Å². The van der Waals surface area contributed by atoms with Gasteiger partial charge in [-0.15, -0.1) is 13.2 Å². The number of unbranched alkanes of at least 4 members (excludes halogenated alkanes) is 2. The molecule has 1 aromatic rings. The van der Waals surface area contributed by atoms with Gasteiger partial charge >= 0.3 is 6.36 Å². The fourth-order valence-corrected chi connectivity index (χ4v) is 1.77. The number of halogens is 3. The molecule has 0 saturated heterocycles. The lowest BCUT2D eigenvalue weighted by Crippen LogP contribution is -2.20. The van der Waals surface area contributed by atoms with Crippen molar-refractivity contribution >= 4 is 0 Å². The van der Waals surface area contributed by atoms with Crippen LogP contribution in [0.2, 0.25) is 0 Å². The summed E-state index contributed by atoms with van der Waals surface area (Å²) in [6.07, 6.45) is -1.05. The van der Waals surface area contributed by atoms with E-state index in [4.69, 9.17) is 5.73 Å². The molecule has 0 aliphatic rings. The summed E-state index contributed by atoms with van der Waals surface area (Å²) in [5.74, 6) is -0.200. The summed E-state index contributed by atoms with van der Waals surface area (Å²) < 4.78 is 40.7. The summed E-state index contributed by atoms with van der Waals surface area (Å²) in [5, 5.41) is 0. The van der Waals surface area contributed by atoms with Crippen LogP contribution in [0, 0.1) is 0 Å². The normalized spacial score (nSPS) is 13.4. The number of alkyl halides is 3. The molecule has 0 bridgehead atoms. The Morgan fingerprint density at radius 1 is 1.22 bits per heavy atom. The zero-order valence-electron chi connectivity index (χ0n) is 10.3. The van der Waals surface area contributed by atoms with E-state index in [0.717, 1.165) is 19.3 Å². The molecule has 0 amide bonds. The molecule has 2 N–H and O–H groups in total. The molecule has 0 spiro atoms. The van der Waals surface area contributed by atoms with E-state index in [1.54, 1.807) is 12.1 Å². The molecular formula is C13H18F3NO. The second-order valence-corrected chi connectivity index (χ2v) is 4.19. The van der Waals surface area contributed by atoms with Crippen molar-refractivity contribution in [3.63, 3.8) is 0 Å². The number of rotatable bonds is 6. The van der Waals surface area contributed by atoms with Crippen LogP contribution in [-0.2, 0) is 0 Å². The minimum absolute atomic E-state index is 0.200. The van der Waals surface area contributed by atoms with Crippen molar-refractivity contribution in [3.8, 4) is 5.75 Å². The fraction of sp³-hybridized carbons (Fsp3) is 0.538. The van der Waals surface area contributed by atoms with Crippen molar-refractivity contribution in [3.05, 3.63) is 29.8 Å². The maximum absolute atomic E-state index is 12.2. The molecule has 2 nitrogen and oxygen atoms in total. The van der Waals surface area contributed by atoms with E-state index >= 15 is 0 Å². The average Bonchev–Trinajstić information content (AvgIpc) is 2.27. The summed E-state index contributed by atoms with van der Waals surface area (Å²) in [6, 6.07) is 5.62. The van der Waals surface area contributed by atoms with Gasteiger partial charge in [0.2, 0.25) is 0 Å². The molecule has 0 radical (unpaired) electrons. The Kier molecular flexibility index (Phi) is 5.47. The first-order valence-corrected chi connectivity index (χ1v) is 6.04. The second kappa shape index (κ2) is 6.64. The topological polar surface area (TPSA) is 35.2 Å². The first kappa shape index (κ1) is 14.8. The van der Waals surface area contributed by atoms with Crippen molar-refractivity contribution in [2.24, 2.45) is 5.73 Å². The average molecular weight is 261 g/mol. The van der Waals surface area contributed by atoms with Crippen LogP contribution in [0.25, 0.3) is 0 Å². The zero-order valence-corrected chi connectivity index (χ0v) is 10.3. The molecule has 102 valence electrons. The number of hydrogen-bond donors (Lipinski definition) is 1. The molecule has 1 aromatic carbocycles. The third-order valence-corrected chi connectivity index (χ3v) is 2.66. The van der Waals surface area contributed by atoms with Gasteiger partial charge in [0, 0.05) is 11.6 Å². The summed E-state index contributed by atoms with van der Waals surface area (Å²) >= 11 is 0. The van der Waals surface area contributed by atoms with E-state index in [9.17, 15) is 13.2 Å². The molecule has 0 saturated carbocycles. The van der Waals surface area contributed by atoms with Gasteiger partial charge in [0.25, 0.3) is 0 Å². The van der Waals surface area contributed by atoms with Crippen LogP contribution in [0.3, 0.4) is 0 Å². The van der Waals surface area contributed by atoms with Crippen LogP contribution < -0.4 is 10.5 Å². The minimum atomic E-state index is -4.68. The summed E-state index contributed by atoms with van der Waals surface area (Å²) in [4.78, 5) is 0. The number of nitrogens with two attached hydrogens (primary N) is 1. The van der Waals surface area contributed by atoms with Gasteiger partial charge in [-0.1, -0.05) is 44.4 Å². The Hall–Kier alpha value is -1.23. The van der Waals surface area contributed by atoms with Crippen LogP contribution in [-0.4, -0.2) is 6.36 Å². The van der Waals surface area contributed by atoms with E-state index in [2.05, 4.69) is 11.7 Å². The largest absolute Gasteiger partial charge is 0.573 e. The molecule has 5 heteroatoms. The molecule has 18 heavy (non-hydrogen) atoms. The molecule has 0 aromatic heterocycles. The monoisotopic (exact) mass is 261 g/mol. The quantitative estimate of drug-likeness (QED) is 0.780. The van der Waals surface area contributed by atoms with Gasteiger partial charge in [-0.3, -0.25) is 0 Å². The third kappa shape index (κ3) is 4.96. The van der Waals surface area contributed by atoms with Crippen LogP contribution in [0.1, 0.15) is 44.2 Å². The molecule has 0 heterocycles. The van der Waals surface area contributed by atoms with E-state index in [-0.39, 0.29) is 5.75 Å². The molecule has 0 aliphatic heterocycles. The predicted molar refractivity (Wildman–Crippen MR) is 64.2 cm³/mol. The van der Waals surface area contributed by atoms with E-state index in [1.807, 2.05) is 0 Å². The van der Waals surface area contributed by atoms with Crippen molar-refractivity contribution in [2.45, 2.75) is 45.0 Å². The number of hydrogen-bond acceptors (Lipinski definition) is 2. The lowest BCUT2D eigenvalue weighted by Gasteiger charge is -2.17. The SMILES string of the molecule is CCCCCC(N)c1ccccc1OC(F)(F)F. The Morgan fingerprint density at radius 3 is 2.50 bits per heavy atom. The Bertz CT molecular complexity index is 365. The Balaban J connectivity index is 2.74. The highest BCUT2D eigenvalue weighted by atomic mass is 19.4. The Morgan fingerprint density at radius 2 is 1.89 bits per heavy atom. The second-order valence-electron chi connectivity index (χ2n) is 4.19.